The van der Waals surface area contributed by atoms with Crippen LogP contribution in [0.2, 0.25) is 0 Å². The number of rotatable bonds is 4. The Morgan fingerprint density at radius 3 is 1.90 bits per heavy atom. The standard InChI is InChI=1S/C18H30N2/c1-14(2)15-10-12-17(13-11-15)18(20-19)16-8-6-4-3-5-7-9-16/h10-14,16,18,20H,3-9,19H2,1-2H3. The van der Waals surface area contributed by atoms with Gasteiger partial charge in [-0.25, -0.2) is 0 Å². The fraction of sp³-hybridized carbons (Fsp3) is 0.667. The zero-order chi connectivity index (χ0) is 14.4. The molecular weight excluding hydrogens is 244 g/mol. The number of benzene rings is 1. The normalized spacial score (nSPS) is 19.6. The number of hydrogen-bond donors (Lipinski definition) is 2. The molecule has 0 spiro atoms. The molecule has 0 aliphatic heterocycles. The first-order chi connectivity index (χ1) is 9.72. The van der Waals surface area contributed by atoms with E-state index in [2.05, 4.69) is 43.5 Å². The van der Waals surface area contributed by atoms with E-state index in [0.29, 0.717) is 17.9 Å². The third-order valence-corrected chi connectivity index (χ3v) is 4.76. The van der Waals surface area contributed by atoms with Gasteiger partial charge in [0.1, 0.15) is 0 Å². The van der Waals surface area contributed by atoms with Crippen molar-refractivity contribution < 1.29 is 0 Å². The quantitative estimate of drug-likeness (QED) is 0.618. The Labute approximate surface area is 124 Å². The largest absolute Gasteiger partial charge is 0.271 e. The Kier molecular flexibility index (Phi) is 6.06. The Bertz CT molecular complexity index is 375. The lowest BCUT2D eigenvalue weighted by Gasteiger charge is -2.29. The first-order valence-corrected chi connectivity index (χ1v) is 8.28. The van der Waals surface area contributed by atoms with Crippen molar-refractivity contribution >= 4 is 0 Å². The van der Waals surface area contributed by atoms with Crippen LogP contribution < -0.4 is 11.3 Å². The van der Waals surface area contributed by atoms with E-state index in [9.17, 15) is 0 Å². The maximum Gasteiger partial charge on any atom is 0.0488 e. The average molecular weight is 274 g/mol. The second-order valence-electron chi connectivity index (χ2n) is 6.57. The third-order valence-electron chi connectivity index (χ3n) is 4.76. The first-order valence-electron chi connectivity index (χ1n) is 8.28. The summed E-state index contributed by atoms with van der Waals surface area (Å²) < 4.78 is 0. The highest BCUT2D eigenvalue weighted by Gasteiger charge is 2.22. The molecule has 0 heterocycles. The van der Waals surface area contributed by atoms with Crippen molar-refractivity contribution in [3.63, 3.8) is 0 Å². The lowest BCUT2D eigenvalue weighted by molar-refractivity contribution is 0.290. The van der Waals surface area contributed by atoms with Crippen molar-refractivity contribution in [3.05, 3.63) is 35.4 Å². The Balaban J connectivity index is 2.09. The molecule has 1 fully saturated rings. The number of hydrogen-bond acceptors (Lipinski definition) is 2. The molecule has 3 N–H and O–H groups in total. The van der Waals surface area contributed by atoms with Gasteiger partial charge in [-0.05, 0) is 35.8 Å². The molecule has 0 bridgehead atoms. The van der Waals surface area contributed by atoms with Crippen LogP contribution in [0, 0.1) is 5.92 Å². The number of nitrogens with one attached hydrogen (secondary N) is 1. The average Bonchev–Trinajstić information content (AvgIpc) is 2.42. The molecule has 2 rings (SSSR count). The smallest absolute Gasteiger partial charge is 0.0488 e. The molecule has 1 unspecified atom stereocenters. The van der Waals surface area contributed by atoms with E-state index in [4.69, 9.17) is 5.84 Å². The van der Waals surface area contributed by atoms with Gasteiger partial charge < -0.3 is 0 Å². The summed E-state index contributed by atoms with van der Waals surface area (Å²) in [6.07, 6.45) is 9.51. The van der Waals surface area contributed by atoms with Crippen LogP contribution in [0.3, 0.4) is 0 Å². The van der Waals surface area contributed by atoms with Crippen molar-refractivity contribution in [2.24, 2.45) is 11.8 Å². The second kappa shape index (κ2) is 7.80. The molecule has 1 aliphatic rings. The summed E-state index contributed by atoms with van der Waals surface area (Å²) in [5, 5.41) is 0. The van der Waals surface area contributed by atoms with E-state index in [-0.39, 0.29) is 0 Å². The highest BCUT2D eigenvalue weighted by Crippen LogP contribution is 2.33. The monoisotopic (exact) mass is 274 g/mol. The molecule has 0 aromatic heterocycles. The minimum absolute atomic E-state index is 0.314. The molecule has 1 aromatic rings. The Hall–Kier alpha value is -0.860. The summed E-state index contributed by atoms with van der Waals surface area (Å²) in [6, 6.07) is 9.35. The van der Waals surface area contributed by atoms with Gasteiger partial charge in [-0.1, -0.05) is 70.2 Å². The molecule has 20 heavy (non-hydrogen) atoms. The van der Waals surface area contributed by atoms with Crippen LogP contribution in [0.25, 0.3) is 0 Å². The van der Waals surface area contributed by atoms with Gasteiger partial charge in [0, 0.05) is 6.04 Å². The van der Waals surface area contributed by atoms with Crippen molar-refractivity contribution in [1.82, 2.24) is 5.43 Å². The van der Waals surface area contributed by atoms with Crippen LogP contribution in [-0.2, 0) is 0 Å². The highest BCUT2D eigenvalue weighted by atomic mass is 15.2. The Morgan fingerprint density at radius 1 is 0.900 bits per heavy atom. The van der Waals surface area contributed by atoms with Gasteiger partial charge in [-0.3, -0.25) is 11.3 Å². The summed E-state index contributed by atoms with van der Waals surface area (Å²) in [5.74, 6) is 7.15. The molecule has 1 aliphatic carbocycles. The SMILES string of the molecule is CC(C)c1ccc(C(NN)C2CCCCCCC2)cc1. The summed E-state index contributed by atoms with van der Waals surface area (Å²) in [4.78, 5) is 0. The van der Waals surface area contributed by atoms with Crippen LogP contribution in [0.4, 0.5) is 0 Å². The molecule has 1 saturated carbocycles. The van der Waals surface area contributed by atoms with Gasteiger partial charge in [0.2, 0.25) is 0 Å². The first kappa shape index (κ1) is 15.5. The minimum Gasteiger partial charge on any atom is -0.271 e. The van der Waals surface area contributed by atoms with Crippen LogP contribution in [0.15, 0.2) is 24.3 Å². The molecule has 0 saturated heterocycles. The molecule has 2 nitrogen and oxygen atoms in total. The molecule has 2 heteroatoms. The Morgan fingerprint density at radius 2 is 1.40 bits per heavy atom. The second-order valence-corrected chi connectivity index (χ2v) is 6.57. The highest BCUT2D eigenvalue weighted by molar-refractivity contribution is 5.27. The molecule has 112 valence electrons. The van der Waals surface area contributed by atoms with E-state index in [1.807, 2.05) is 0 Å². The van der Waals surface area contributed by atoms with Crippen molar-refractivity contribution in [1.29, 1.82) is 0 Å². The summed E-state index contributed by atoms with van der Waals surface area (Å²) in [5.41, 5.74) is 5.84. The van der Waals surface area contributed by atoms with Crippen LogP contribution >= 0.6 is 0 Å². The maximum absolute atomic E-state index is 5.87. The van der Waals surface area contributed by atoms with E-state index in [0.717, 1.165) is 0 Å². The predicted molar refractivity (Wildman–Crippen MR) is 86.4 cm³/mol. The lowest BCUT2D eigenvalue weighted by Crippen LogP contribution is -2.34. The lowest BCUT2D eigenvalue weighted by atomic mass is 9.83. The van der Waals surface area contributed by atoms with E-state index < -0.39 is 0 Å². The minimum atomic E-state index is 0.314. The van der Waals surface area contributed by atoms with Gasteiger partial charge in [-0.2, -0.15) is 0 Å². The number of hydrazine groups is 1. The van der Waals surface area contributed by atoms with E-state index in [1.54, 1.807) is 0 Å². The fourth-order valence-corrected chi connectivity index (χ4v) is 3.41. The molecule has 0 radical (unpaired) electrons. The summed E-state index contributed by atoms with van der Waals surface area (Å²) in [6.45, 7) is 4.48. The summed E-state index contributed by atoms with van der Waals surface area (Å²) >= 11 is 0. The third kappa shape index (κ3) is 4.07. The maximum atomic E-state index is 5.87. The van der Waals surface area contributed by atoms with Gasteiger partial charge in [0.25, 0.3) is 0 Å². The zero-order valence-corrected chi connectivity index (χ0v) is 13.1. The van der Waals surface area contributed by atoms with E-state index in [1.165, 1.54) is 56.1 Å². The van der Waals surface area contributed by atoms with Gasteiger partial charge in [0.15, 0.2) is 0 Å². The fourth-order valence-electron chi connectivity index (χ4n) is 3.41. The van der Waals surface area contributed by atoms with Crippen molar-refractivity contribution in [3.8, 4) is 0 Å². The number of nitrogens with two attached hydrogens (primary N) is 1. The van der Waals surface area contributed by atoms with Gasteiger partial charge in [-0.15, -0.1) is 0 Å². The predicted octanol–water partition coefficient (Wildman–Crippen LogP) is 4.67. The van der Waals surface area contributed by atoms with Gasteiger partial charge >= 0.3 is 0 Å². The van der Waals surface area contributed by atoms with Gasteiger partial charge in [0.05, 0.1) is 0 Å². The van der Waals surface area contributed by atoms with E-state index >= 15 is 0 Å². The zero-order valence-electron chi connectivity index (χ0n) is 13.1. The molecule has 1 aromatic carbocycles. The molecule has 1 atom stereocenters. The topological polar surface area (TPSA) is 38.0 Å². The molecule has 0 amide bonds. The van der Waals surface area contributed by atoms with Crippen LogP contribution in [-0.4, -0.2) is 0 Å². The van der Waals surface area contributed by atoms with Crippen molar-refractivity contribution in [2.75, 3.05) is 0 Å². The van der Waals surface area contributed by atoms with Crippen LogP contribution in [0.5, 0.6) is 0 Å². The van der Waals surface area contributed by atoms with Crippen molar-refractivity contribution in [2.45, 2.75) is 70.8 Å². The summed E-state index contributed by atoms with van der Waals surface area (Å²) in [7, 11) is 0. The molecular formula is C18H30N2. The van der Waals surface area contributed by atoms with Crippen LogP contribution in [0.1, 0.15) is 81.9 Å².